The Kier molecular flexibility index (Phi) is 5.17. The number of fused-ring (bicyclic) bond motifs is 1. The fourth-order valence-corrected chi connectivity index (χ4v) is 4.55. The van der Waals surface area contributed by atoms with Crippen molar-refractivity contribution in [1.29, 1.82) is 0 Å². The second-order valence-electron chi connectivity index (χ2n) is 10.4. The van der Waals surface area contributed by atoms with Crippen molar-refractivity contribution in [3.63, 3.8) is 0 Å². The van der Waals surface area contributed by atoms with Crippen molar-refractivity contribution in [2.45, 2.75) is 52.5 Å². The highest BCUT2D eigenvalue weighted by Gasteiger charge is 2.36. The first-order chi connectivity index (χ1) is 14.5. The predicted molar refractivity (Wildman–Crippen MR) is 128 cm³/mol. The van der Waals surface area contributed by atoms with Crippen LogP contribution in [-0.4, -0.2) is 11.1 Å². The SMILES string of the molecule is CC(C)(C)c1ccc(-c2cccc(C3Nc4ccc(C(=O)O)cc4CC3(C)C)c2)cc1. The topological polar surface area (TPSA) is 49.3 Å². The van der Waals surface area contributed by atoms with Crippen LogP contribution >= 0.6 is 0 Å². The van der Waals surface area contributed by atoms with Crippen LogP contribution in [0.4, 0.5) is 5.69 Å². The zero-order valence-electron chi connectivity index (χ0n) is 19.0. The lowest BCUT2D eigenvalue weighted by Crippen LogP contribution is -2.35. The molecule has 2 N–H and O–H groups in total. The molecule has 1 heterocycles. The Morgan fingerprint density at radius 2 is 1.68 bits per heavy atom. The molecule has 0 amide bonds. The number of aromatic carboxylic acids is 1. The molecule has 4 rings (SSSR count). The lowest BCUT2D eigenvalue weighted by Gasteiger charge is -2.41. The van der Waals surface area contributed by atoms with E-state index in [9.17, 15) is 9.90 Å². The van der Waals surface area contributed by atoms with E-state index in [0.717, 1.165) is 17.7 Å². The van der Waals surface area contributed by atoms with Crippen LogP contribution in [0, 0.1) is 5.41 Å². The molecule has 0 aliphatic carbocycles. The van der Waals surface area contributed by atoms with Crippen molar-refractivity contribution < 1.29 is 9.90 Å². The van der Waals surface area contributed by atoms with E-state index in [0.29, 0.717) is 5.56 Å². The highest BCUT2D eigenvalue weighted by Crippen LogP contribution is 2.45. The molecule has 3 aromatic rings. The minimum Gasteiger partial charge on any atom is -0.478 e. The van der Waals surface area contributed by atoms with Crippen LogP contribution in [0.5, 0.6) is 0 Å². The van der Waals surface area contributed by atoms with E-state index >= 15 is 0 Å². The fraction of sp³-hybridized carbons (Fsp3) is 0.321. The maximum absolute atomic E-state index is 11.4. The average molecular weight is 414 g/mol. The Morgan fingerprint density at radius 1 is 0.968 bits per heavy atom. The second kappa shape index (κ2) is 7.56. The van der Waals surface area contributed by atoms with Crippen LogP contribution in [0.3, 0.4) is 0 Å². The maximum Gasteiger partial charge on any atom is 0.335 e. The second-order valence-corrected chi connectivity index (χ2v) is 10.4. The summed E-state index contributed by atoms with van der Waals surface area (Å²) in [5.74, 6) is -0.882. The van der Waals surface area contributed by atoms with Gasteiger partial charge in [-0.2, -0.15) is 0 Å². The molecule has 1 unspecified atom stereocenters. The molecular formula is C28H31NO2. The molecular weight excluding hydrogens is 382 g/mol. The number of carboxylic acid groups (broad SMARTS) is 1. The zero-order chi connectivity index (χ0) is 22.4. The summed E-state index contributed by atoms with van der Waals surface area (Å²) in [5.41, 5.74) is 7.52. The highest BCUT2D eigenvalue weighted by atomic mass is 16.4. The van der Waals surface area contributed by atoms with Gasteiger partial charge in [-0.05, 0) is 69.3 Å². The molecule has 1 aliphatic heterocycles. The smallest absolute Gasteiger partial charge is 0.335 e. The van der Waals surface area contributed by atoms with Gasteiger partial charge in [-0.1, -0.05) is 77.1 Å². The van der Waals surface area contributed by atoms with Gasteiger partial charge in [0.25, 0.3) is 0 Å². The molecule has 1 aliphatic rings. The number of hydrogen-bond acceptors (Lipinski definition) is 2. The third-order valence-electron chi connectivity index (χ3n) is 6.38. The van der Waals surface area contributed by atoms with Gasteiger partial charge in [0.05, 0.1) is 11.6 Å². The van der Waals surface area contributed by atoms with Gasteiger partial charge in [0.1, 0.15) is 0 Å². The molecule has 3 nitrogen and oxygen atoms in total. The molecule has 160 valence electrons. The monoisotopic (exact) mass is 413 g/mol. The summed E-state index contributed by atoms with van der Waals surface area (Å²) < 4.78 is 0. The summed E-state index contributed by atoms with van der Waals surface area (Å²) in [5, 5.41) is 13.0. The van der Waals surface area contributed by atoms with Crippen molar-refractivity contribution in [1.82, 2.24) is 0 Å². The van der Waals surface area contributed by atoms with Crippen LogP contribution in [0.2, 0.25) is 0 Å². The molecule has 0 radical (unpaired) electrons. The third kappa shape index (κ3) is 4.23. The van der Waals surface area contributed by atoms with E-state index in [-0.39, 0.29) is 16.9 Å². The van der Waals surface area contributed by atoms with Crippen molar-refractivity contribution >= 4 is 11.7 Å². The lowest BCUT2D eigenvalue weighted by atomic mass is 9.72. The molecule has 0 saturated heterocycles. The molecule has 0 bridgehead atoms. The van der Waals surface area contributed by atoms with Gasteiger partial charge >= 0.3 is 5.97 Å². The third-order valence-corrected chi connectivity index (χ3v) is 6.38. The van der Waals surface area contributed by atoms with Crippen molar-refractivity contribution in [2.24, 2.45) is 5.41 Å². The molecule has 0 fully saturated rings. The van der Waals surface area contributed by atoms with E-state index in [1.165, 1.54) is 22.3 Å². The molecule has 0 spiro atoms. The van der Waals surface area contributed by atoms with Crippen molar-refractivity contribution in [2.75, 3.05) is 5.32 Å². The summed E-state index contributed by atoms with van der Waals surface area (Å²) >= 11 is 0. The number of anilines is 1. The van der Waals surface area contributed by atoms with Gasteiger partial charge in [0.2, 0.25) is 0 Å². The largest absolute Gasteiger partial charge is 0.478 e. The van der Waals surface area contributed by atoms with Gasteiger partial charge in [-0.15, -0.1) is 0 Å². The predicted octanol–water partition coefficient (Wildman–Crippen LogP) is 7.08. The summed E-state index contributed by atoms with van der Waals surface area (Å²) in [6.07, 6.45) is 0.825. The van der Waals surface area contributed by atoms with Crippen LogP contribution in [0.25, 0.3) is 11.1 Å². The van der Waals surface area contributed by atoms with Gasteiger partial charge in [0, 0.05) is 5.69 Å². The zero-order valence-corrected chi connectivity index (χ0v) is 19.0. The quantitative estimate of drug-likeness (QED) is 0.482. The van der Waals surface area contributed by atoms with Crippen LogP contribution in [0.1, 0.15) is 67.7 Å². The first-order valence-corrected chi connectivity index (χ1v) is 10.9. The Labute approximate surface area is 185 Å². The number of nitrogens with one attached hydrogen (secondary N) is 1. The fourth-order valence-electron chi connectivity index (χ4n) is 4.55. The minimum atomic E-state index is -0.882. The number of benzene rings is 3. The summed E-state index contributed by atoms with van der Waals surface area (Å²) in [6, 6.07) is 23.1. The molecule has 31 heavy (non-hydrogen) atoms. The van der Waals surface area contributed by atoms with Crippen LogP contribution in [-0.2, 0) is 11.8 Å². The summed E-state index contributed by atoms with van der Waals surface area (Å²) in [4.78, 5) is 11.4. The van der Waals surface area contributed by atoms with Gasteiger partial charge < -0.3 is 10.4 Å². The van der Waals surface area contributed by atoms with E-state index in [4.69, 9.17) is 0 Å². The van der Waals surface area contributed by atoms with E-state index < -0.39 is 5.97 Å². The van der Waals surface area contributed by atoms with Gasteiger partial charge in [-0.25, -0.2) is 4.79 Å². The first kappa shape index (κ1) is 21.2. The standard InChI is InChI=1S/C28H31NO2/c1-27(2,3)23-12-9-18(10-13-23)19-7-6-8-20(15-19)25-28(4,5)17-22-16-21(26(30)31)11-14-24(22)29-25/h6-16,25,29H,17H2,1-5H3,(H,30,31). The number of hydrogen-bond donors (Lipinski definition) is 2. The first-order valence-electron chi connectivity index (χ1n) is 10.9. The average Bonchev–Trinajstić information content (AvgIpc) is 2.71. The molecule has 0 aromatic heterocycles. The minimum absolute atomic E-state index is 0.0567. The van der Waals surface area contributed by atoms with Crippen LogP contribution < -0.4 is 5.32 Å². The highest BCUT2D eigenvalue weighted by molar-refractivity contribution is 5.88. The van der Waals surface area contributed by atoms with Crippen molar-refractivity contribution in [3.8, 4) is 11.1 Å². The number of carbonyl (C=O) groups is 1. The summed E-state index contributed by atoms with van der Waals surface area (Å²) in [6.45, 7) is 11.2. The Morgan fingerprint density at radius 3 is 2.32 bits per heavy atom. The van der Waals surface area contributed by atoms with Gasteiger partial charge in [-0.3, -0.25) is 0 Å². The number of rotatable bonds is 3. The molecule has 0 saturated carbocycles. The number of carboxylic acids is 1. The Bertz CT molecular complexity index is 1120. The Hall–Kier alpha value is -3.07. The normalized spacial score (nSPS) is 17.5. The van der Waals surface area contributed by atoms with Crippen molar-refractivity contribution in [3.05, 3.63) is 89.0 Å². The lowest BCUT2D eigenvalue weighted by molar-refractivity contribution is 0.0696. The summed E-state index contributed by atoms with van der Waals surface area (Å²) in [7, 11) is 0. The Balaban J connectivity index is 1.66. The molecule has 1 atom stereocenters. The van der Waals surface area contributed by atoms with E-state index in [1.807, 2.05) is 6.07 Å². The van der Waals surface area contributed by atoms with E-state index in [1.54, 1.807) is 12.1 Å². The molecule has 3 aromatic carbocycles. The molecule has 3 heteroatoms. The van der Waals surface area contributed by atoms with Crippen LogP contribution in [0.15, 0.2) is 66.7 Å². The maximum atomic E-state index is 11.4. The van der Waals surface area contributed by atoms with E-state index in [2.05, 4.69) is 88.5 Å². The van der Waals surface area contributed by atoms with Gasteiger partial charge in [0.15, 0.2) is 0 Å².